The van der Waals surface area contributed by atoms with Crippen LogP contribution in [0.25, 0.3) is 0 Å². The lowest BCUT2D eigenvalue weighted by atomic mass is 9.90. The number of halogens is 1. The van der Waals surface area contributed by atoms with E-state index < -0.39 is 5.83 Å². The molecule has 2 rings (SSSR count). The summed E-state index contributed by atoms with van der Waals surface area (Å²) in [4.78, 5) is 10.6. The van der Waals surface area contributed by atoms with Gasteiger partial charge in [-0.1, -0.05) is 31.6 Å². The van der Waals surface area contributed by atoms with Gasteiger partial charge in [0, 0.05) is 11.5 Å². The van der Waals surface area contributed by atoms with Crippen molar-refractivity contribution in [2.45, 2.75) is 32.1 Å². The highest BCUT2D eigenvalue weighted by atomic mass is 19.1. The van der Waals surface area contributed by atoms with E-state index in [0.717, 1.165) is 30.8 Å². The Hall–Kier alpha value is -1.90. The number of unbranched alkanes of at least 4 members (excludes halogenated alkanes) is 1. The molecular weight excluding hydrogens is 255 g/mol. The third-order valence-corrected chi connectivity index (χ3v) is 3.42. The number of hydrogen-bond acceptors (Lipinski definition) is 2. The van der Waals surface area contributed by atoms with Crippen LogP contribution in [-0.2, 0) is 4.79 Å². The fourth-order valence-electron chi connectivity index (χ4n) is 2.17. The number of benzene rings is 1. The molecule has 1 unspecified atom stereocenters. The van der Waals surface area contributed by atoms with Crippen LogP contribution in [0.5, 0.6) is 5.75 Å². The molecule has 0 spiro atoms. The molecule has 0 saturated heterocycles. The van der Waals surface area contributed by atoms with Crippen molar-refractivity contribution in [2.75, 3.05) is 6.61 Å². The molecule has 20 heavy (non-hydrogen) atoms. The summed E-state index contributed by atoms with van der Waals surface area (Å²) in [5, 5.41) is 0. The maximum Gasteiger partial charge on any atom is 0.152 e. The third kappa shape index (κ3) is 3.56. The quantitative estimate of drug-likeness (QED) is 0.570. The van der Waals surface area contributed by atoms with Gasteiger partial charge in [0.05, 0.1) is 6.61 Å². The van der Waals surface area contributed by atoms with Crippen molar-refractivity contribution in [1.29, 1.82) is 0 Å². The van der Waals surface area contributed by atoms with E-state index in [1.165, 1.54) is 6.08 Å². The van der Waals surface area contributed by atoms with Crippen molar-refractivity contribution in [3.63, 3.8) is 0 Å². The van der Waals surface area contributed by atoms with Crippen LogP contribution in [0.3, 0.4) is 0 Å². The van der Waals surface area contributed by atoms with Gasteiger partial charge in [-0.3, -0.25) is 4.79 Å². The van der Waals surface area contributed by atoms with Gasteiger partial charge in [0.1, 0.15) is 11.6 Å². The molecule has 2 nitrogen and oxygen atoms in total. The van der Waals surface area contributed by atoms with Crippen LogP contribution in [0, 0.1) is 0 Å². The Labute approximate surface area is 119 Å². The van der Waals surface area contributed by atoms with Crippen molar-refractivity contribution >= 4 is 6.29 Å². The molecule has 3 heteroatoms. The Bertz CT molecular complexity index is 514. The maximum atomic E-state index is 13.6. The van der Waals surface area contributed by atoms with E-state index >= 15 is 0 Å². The fourth-order valence-corrected chi connectivity index (χ4v) is 2.17. The van der Waals surface area contributed by atoms with Crippen LogP contribution in [0.1, 0.15) is 37.7 Å². The smallest absolute Gasteiger partial charge is 0.152 e. The van der Waals surface area contributed by atoms with Gasteiger partial charge in [0.15, 0.2) is 6.29 Å². The molecule has 0 fully saturated rings. The Morgan fingerprint density at radius 1 is 1.35 bits per heavy atom. The molecule has 1 atom stereocenters. The summed E-state index contributed by atoms with van der Waals surface area (Å²) >= 11 is 0. The number of aldehydes is 1. The van der Waals surface area contributed by atoms with Crippen molar-refractivity contribution < 1.29 is 13.9 Å². The van der Waals surface area contributed by atoms with Crippen molar-refractivity contribution in [3.05, 3.63) is 53.4 Å². The molecule has 0 aromatic heterocycles. The minimum absolute atomic E-state index is 0.0107. The first-order valence-corrected chi connectivity index (χ1v) is 7.00. The first-order valence-electron chi connectivity index (χ1n) is 7.00. The highest BCUT2D eigenvalue weighted by molar-refractivity contribution is 5.79. The van der Waals surface area contributed by atoms with Gasteiger partial charge < -0.3 is 4.74 Å². The number of carbonyl (C=O) groups is 1. The molecule has 0 heterocycles. The first-order chi connectivity index (χ1) is 9.74. The number of rotatable bonds is 6. The van der Waals surface area contributed by atoms with Crippen molar-refractivity contribution in [1.82, 2.24) is 0 Å². The van der Waals surface area contributed by atoms with E-state index in [1.54, 1.807) is 6.08 Å². The maximum absolute atomic E-state index is 13.6. The largest absolute Gasteiger partial charge is 0.494 e. The van der Waals surface area contributed by atoms with Crippen LogP contribution in [0.2, 0.25) is 0 Å². The van der Waals surface area contributed by atoms with Crippen LogP contribution in [-0.4, -0.2) is 12.9 Å². The molecule has 0 saturated carbocycles. The lowest BCUT2D eigenvalue weighted by Gasteiger charge is -2.16. The van der Waals surface area contributed by atoms with Crippen LogP contribution in [0.4, 0.5) is 4.39 Å². The fraction of sp³-hybridized carbons (Fsp3) is 0.353. The molecule has 0 amide bonds. The minimum Gasteiger partial charge on any atom is -0.494 e. The molecule has 1 aromatic rings. The first kappa shape index (κ1) is 14.5. The zero-order valence-electron chi connectivity index (χ0n) is 11.6. The van der Waals surface area contributed by atoms with Crippen LogP contribution >= 0.6 is 0 Å². The monoisotopic (exact) mass is 274 g/mol. The zero-order chi connectivity index (χ0) is 14.4. The zero-order valence-corrected chi connectivity index (χ0v) is 11.6. The summed E-state index contributed by atoms with van der Waals surface area (Å²) in [7, 11) is 0. The summed E-state index contributed by atoms with van der Waals surface area (Å²) in [5.41, 5.74) is 1.19. The SMILES string of the molecule is CCCCOc1ccc(C2C=C(F)C(C=O)=CC2)cc1. The van der Waals surface area contributed by atoms with E-state index in [-0.39, 0.29) is 11.5 Å². The standard InChI is InChI=1S/C17H19FO2/c1-2-3-10-20-16-8-6-13(7-9-16)14-4-5-15(12-19)17(18)11-14/h5-9,11-12,14H,2-4,10H2,1H3. The number of ether oxygens (including phenoxy) is 1. The second-order valence-electron chi connectivity index (χ2n) is 4.91. The number of hydrogen-bond donors (Lipinski definition) is 0. The van der Waals surface area contributed by atoms with Crippen LogP contribution < -0.4 is 4.74 Å². The summed E-state index contributed by atoms with van der Waals surface area (Å²) < 4.78 is 19.2. The lowest BCUT2D eigenvalue weighted by molar-refractivity contribution is -0.104. The average Bonchev–Trinajstić information content (AvgIpc) is 2.48. The average molecular weight is 274 g/mol. The molecule has 0 radical (unpaired) electrons. The summed E-state index contributed by atoms with van der Waals surface area (Å²) in [6.45, 7) is 2.84. The molecular formula is C17H19FO2. The van der Waals surface area contributed by atoms with E-state index in [4.69, 9.17) is 4.74 Å². The Balaban J connectivity index is 2.01. The van der Waals surface area contributed by atoms with Gasteiger partial charge in [0.25, 0.3) is 0 Å². The normalized spacial score (nSPS) is 18.2. The molecule has 1 aromatic carbocycles. The lowest BCUT2D eigenvalue weighted by Crippen LogP contribution is -2.02. The van der Waals surface area contributed by atoms with E-state index in [9.17, 15) is 9.18 Å². The topological polar surface area (TPSA) is 26.3 Å². The van der Waals surface area contributed by atoms with Gasteiger partial charge in [-0.25, -0.2) is 4.39 Å². The van der Waals surface area contributed by atoms with E-state index in [0.29, 0.717) is 12.7 Å². The van der Waals surface area contributed by atoms with E-state index in [1.807, 2.05) is 24.3 Å². The molecule has 106 valence electrons. The molecule has 1 aliphatic rings. The van der Waals surface area contributed by atoms with Crippen molar-refractivity contribution in [2.24, 2.45) is 0 Å². The molecule has 0 aliphatic heterocycles. The summed E-state index contributed by atoms with van der Waals surface area (Å²) in [5.74, 6) is 0.398. The Morgan fingerprint density at radius 2 is 2.10 bits per heavy atom. The summed E-state index contributed by atoms with van der Waals surface area (Å²) in [6.07, 6.45) is 6.52. The molecule has 0 bridgehead atoms. The number of carbonyl (C=O) groups excluding carboxylic acids is 1. The highest BCUT2D eigenvalue weighted by Crippen LogP contribution is 2.31. The molecule has 0 N–H and O–H groups in total. The van der Waals surface area contributed by atoms with E-state index in [2.05, 4.69) is 6.92 Å². The Kier molecular flexibility index (Phi) is 5.10. The predicted molar refractivity (Wildman–Crippen MR) is 77.5 cm³/mol. The van der Waals surface area contributed by atoms with Gasteiger partial charge in [-0.2, -0.15) is 0 Å². The Morgan fingerprint density at radius 3 is 2.70 bits per heavy atom. The molecule has 1 aliphatic carbocycles. The minimum atomic E-state index is -0.431. The number of allylic oxidation sites excluding steroid dienone is 4. The van der Waals surface area contributed by atoms with Gasteiger partial charge in [-0.05, 0) is 36.6 Å². The van der Waals surface area contributed by atoms with Gasteiger partial charge in [-0.15, -0.1) is 0 Å². The highest BCUT2D eigenvalue weighted by Gasteiger charge is 2.16. The third-order valence-electron chi connectivity index (χ3n) is 3.42. The predicted octanol–water partition coefficient (Wildman–Crippen LogP) is 4.33. The van der Waals surface area contributed by atoms with Gasteiger partial charge >= 0.3 is 0 Å². The summed E-state index contributed by atoms with van der Waals surface area (Å²) in [6, 6.07) is 7.73. The second-order valence-corrected chi connectivity index (χ2v) is 4.91. The second kappa shape index (κ2) is 7.04. The van der Waals surface area contributed by atoms with Crippen molar-refractivity contribution in [3.8, 4) is 5.75 Å². The van der Waals surface area contributed by atoms with Crippen LogP contribution in [0.15, 0.2) is 47.8 Å². The van der Waals surface area contributed by atoms with Gasteiger partial charge in [0.2, 0.25) is 0 Å².